The zero-order valence-corrected chi connectivity index (χ0v) is 18.0. The average molecular weight is 429 g/mol. The van der Waals surface area contributed by atoms with Gasteiger partial charge >= 0.3 is 0 Å². The third-order valence-electron chi connectivity index (χ3n) is 5.76. The lowest BCUT2D eigenvalue weighted by Crippen LogP contribution is -2.35. The summed E-state index contributed by atoms with van der Waals surface area (Å²) in [4.78, 5) is 37.9. The van der Waals surface area contributed by atoms with Crippen LogP contribution in [0.15, 0.2) is 24.3 Å². The van der Waals surface area contributed by atoms with Crippen LogP contribution < -0.4 is 9.64 Å². The number of carbonyl (C=O) groups excluding carboxylic acids is 2. The quantitative estimate of drug-likeness (QED) is 0.728. The van der Waals surface area contributed by atoms with Crippen molar-refractivity contribution < 1.29 is 14.3 Å². The van der Waals surface area contributed by atoms with Crippen LogP contribution >= 0.6 is 11.6 Å². The number of likely N-dealkylation sites (tertiary alicyclic amines) is 1. The maximum atomic E-state index is 12.9. The fraction of sp³-hybridized carbons (Fsp3) is 0.455. The molecule has 0 aliphatic carbocycles. The van der Waals surface area contributed by atoms with Crippen LogP contribution in [0.2, 0.25) is 5.02 Å². The first kappa shape index (κ1) is 20.6. The normalized spacial score (nSPS) is 18.5. The van der Waals surface area contributed by atoms with Crippen LogP contribution in [0.3, 0.4) is 0 Å². The molecule has 0 spiro atoms. The van der Waals surface area contributed by atoms with Crippen molar-refractivity contribution in [3.05, 3.63) is 46.4 Å². The molecule has 0 bridgehead atoms. The molecule has 1 fully saturated rings. The highest BCUT2D eigenvalue weighted by Crippen LogP contribution is 2.34. The van der Waals surface area contributed by atoms with Gasteiger partial charge in [-0.3, -0.25) is 14.5 Å². The first-order chi connectivity index (χ1) is 14.4. The smallest absolute Gasteiger partial charge is 0.228 e. The Morgan fingerprint density at radius 2 is 2.00 bits per heavy atom. The Balaban J connectivity index is 1.45. The van der Waals surface area contributed by atoms with E-state index in [0.29, 0.717) is 48.4 Å². The molecule has 0 N–H and O–H groups in total. The topological polar surface area (TPSA) is 75.6 Å². The summed E-state index contributed by atoms with van der Waals surface area (Å²) in [7, 11) is 1.75. The van der Waals surface area contributed by atoms with Gasteiger partial charge in [0.25, 0.3) is 0 Å². The number of hydrogen-bond acceptors (Lipinski definition) is 5. The number of aryl methyl sites for hydroxylation is 1. The van der Waals surface area contributed by atoms with Crippen LogP contribution in [-0.4, -0.2) is 46.9 Å². The van der Waals surface area contributed by atoms with E-state index in [1.54, 1.807) is 36.2 Å². The number of fused-ring (bicyclic) bond motifs is 1. The number of anilines is 1. The summed E-state index contributed by atoms with van der Waals surface area (Å²) in [6.45, 7) is 2.93. The second-order valence-corrected chi connectivity index (χ2v) is 8.16. The van der Waals surface area contributed by atoms with Gasteiger partial charge in [0.1, 0.15) is 11.6 Å². The van der Waals surface area contributed by atoms with E-state index in [9.17, 15) is 9.59 Å². The van der Waals surface area contributed by atoms with Gasteiger partial charge in [-0.15, -0.1) is 0 Å². The van der Waals surface area contributed by atoms with Gasteiger partial charge in [0, 0.05) is 36.3 Å². The van der Waals surface area contributed by atoms with Gasteiger partial charge in [0.05, 0.1) is 19.1 Å². The Morgan fingerprint density at radius 1 is 1.23 bits per heavy atom. The molecule has 2 aromatic rings. The lowest BCUT2D eigenvalue weighted by molar-refractivity contribution is -0.132. The van der Waals surface area contributed by atoms with Crippen LogP contribution in [0.1, 0.15) is 48.8 Å². The summed E-state index contributed by atoms with van der Waals surface area (Å²) in [5.74, 6) is 2.07. The molecule has 4 rings (SSSR count). The van der Waals surface area contributed by atoms with Crippen LogP contribution in [-0.2, 0) is 16.0 Å². The predicted octanol–water partition coefficient (Wildman–Crippen LogP) is 3.48. The minimum atomic E-state index is -0.164. The van der Waals surface area contributed by atoms with E-state index in [-0.39, 0.29) is 24.3 Å². The van der Waals surface area contributed by atoms with E-state index in [1.807, 2.05) is 11.8 Å². The Bertz CT molecular complexity index is 964. The van der Waals surface area contributed by atoms with Crippen LogP contribution in [0.5, 0.6) is 5.75 Å². The van der Waals surface area contributed by atoms with E-state index in [0.717, 1.165) is 24.1 Å². The summed E-state index contributed by atoms with van der Waals surface area (Å²) in [5, 5.41) is 0.644. The molecule has 1 aromatic carbocycles. The van der Waals surface area contributed by atoms with E-state index in [2.05, 4.69) is 0 Å². The molecule has 1 atom stereocenters. The average Bonchev–Trinajstić information content (AvgIpc) is 3.22. The largest absolute Gasteiger partial charge is 0.493 e. The van der Waals surface area contributed by atoms with Gasteiger partial charge < -0.3 is 9.64 Å². The van der Waals surface area contributed by atoms with Gasteiger partial charge in [-0.1, -0.05) is 11.6 Å². The van der Waals surface area contributed by atoms with Crippen molar-refractivity contribution in [1.82, 2.24) is 14.9 Å². The number of aromatic nitrogens is 2. The minimum absolute atomic E-state index is 0.0230. The third kappa shape index (κ3) is 4.12. The lowest BCUT2D eigenvalue weighted by atomic mass is 10.0. The molecule has 2 aliphatic rings. The fourth-order valence-corrected chi connectivity index (χ4v) is 4.23. The molecule has 2 amide bonds. The molecule has 1 aromatic heterocycles. The van der Waals surface area contributed by atoms with Gasteiger partial charge in [-0.05, 0) is 50.5 Å². The summed E-state index contributed by atoms with van der Waals surface area (Å²) >= 11 is 5.88. The molecule has 158 valence electrons. The number of amides is 2. The highest BCUT2D eigenvalue weighted by atomic mass is 35.5. The molecule has 7 nitrogen and oxygen atoms in total. The van der Waals surface area contributed by atoms with Gasteiger partial charge in [-0.25, -0.2) is 9.97 Å². The van der Waals surface area contributed by atoms with Crippen molar-refractivity contribution in [2.75, 3.05) is 25.1 Å². The summed E-state index contributed by atoms with van der Waals surface area (Å²) in [6, 6.07) is 6.92. The summed E-state index contributed by atoms with van der Waals surface area (Å²) < 4.78 is 5.67. The van der Waals surface area contributed by atoms with Crippen molar-refractivity contribution in [3.63, 3.8) is 0 Å². The van der Waals surface area contributed by atoms with Crippen LogP contribution in [0.4, 0.5) is 5.82 Å². The molecule has 1 saturated heterocycles. The first-order valence-electron chi connectivity index (χ1n) is 10.3. The molecular weight excluding hydrogens is 404 g/mol. The van der Waals surface area contributed by atoms with E-state index < -0.39 is 0 Å². The number of nitrogens with zero attached hydrogens (tertiary/aromatic N) is 4. The fourth-order valence-electron chi connectivity index (χ4n) is 4.10. The van der Waals surface area contributed by atoms with Crippen molar-refractivity contribution in [1.29, 1.82) is 0 Å². The third-order valence-corrected chi connectivity index (χ3v) is 6.01. The van der Waals surface area contributed by atoms with E-state index in [1.165, 1.54) is 0 Å². The van der Waals surface area contributed by atoms with E-state index in [4.69, 9.17) is 26.3 Å². The first-order valence-corrected chi connectivity index (χ1v) is 10.6. The zero-order chi connectivity index (χ0) is 21.3. The highest BCUT2D eigenvalue weighted by molar-refractivity contribution is 6.30. The number of benzene rings is 1. The maximum absolute atomic E-state index is 12.9. The second kappa shape index (κ2) is 8.60. The second-order valence-electron chi connectivity index (χ2n) is 7.72. The maximum Gasteiger partial charge on any atom is 0.228 e. The van der Waals surface area contributed by atoms with Crippen molar-refractivity contribution >= 4 is 29.2 Å². The van der Waals surface area contributed by atoms with Crippen molar-refractivity contribution in [2.45, 2.75) is 45.1 Å². The highest BCUT2D eigenvalue weighted by Gasteiger charge is 2.34. The number of hydrogen-bond donors (Lipinski definition) is 0. The van der Waals surface area contributed by atoms with Gasteiger partial charge in [-0.2, -0.15) is 0 Å². The van der Waals surface area contributed by atoms with Gasteiger partial charge in [0.2, 0.25) is 11.8 Å². The van der Waals surface area contributed by atoms with Gasteiger partial charge in [0.15, 0.2) is 5.82 Å². The SMILES string of the molecule is Cc1nc(C2CCCN2C(=O)CCOc2ccc(Cl)cc2)nc2c1CCC(=O)N2C. The molecule has 0 radical (unpaired) electrons. The number of carbonyl (C=O) groups is 2. The summed E-state index contributed by atoms with van der Waals surface area (Å²) in [5.41, 5.74) is 1.91. The zero-order valence-electron chi connectivity index (χ0n) is 17.2. The minimum Gasteiger partial charge on any atom is -0.493 e. The lowest BCUT2D eigenvalue weighted by Gasteiger charge is -2.29. The van der Waals surface area contributed by atoms with Crippen molar-refractivity contribution in [3.8, 4) is 5.75 Å². The summed E-state index contributed by atoms with van der Waals surface area (Å²) in [6.07, 6.45) is 3.15. The molecule has 3 heterocycles. The van der Waals surface area contributed by atoms with Crippen LogP contribution in [0, 0.1) is 6.92 Å². The molecule has 0 saturated carbocycles. The molecule has 8 heteroatoms. The molecular formula is C22H25ClN4O3. The Morgan fingerprint density at radius 3 is 2.77 bits per heavy atom. The number of rotatable bonds is 5. The predicted molar refractivity (Wildman–Crippen MR) is 114 cm³/mol. The Hall–Kier alpha value is -2.67. The number of ether oxygens (including phenoxy) is 1. The van der Waals surface area contributed by atoms with E-state index >= 15 is 0 Å². The molecule has 2 aliphatic heterocycles. The standard InChI is InChI=1S/C22H25ClN4O3/c1-14-17-9-10-19(28)26(2)22(17)25-21(24-14)18-4-3-12-27(18)20(29)11-13-30-16-7-5-15(23)6-8-16/h5-8,18H,3-4,9-13H2,1-2H3. The molecule has 30 heavy (non-hydrogen) atoms. The van der Waals surface area contributed by atoms with Crippen LogP contribution in [0.25, 0.3) is 0 Å². The van der Waals surface area contributed by atoms with Crippen molar-refractivity contribution in [2.24, 2.45) is 0 Å². The molecule has 1 unspecified atom stereocenters. The Kier molecular flexibility index (Phi) is 5.90. The Labute approximate surface area is 181 Å². The monoisotopic (exact) mass is 428 g/mol. The number of halogens is 1.